The number of H-pyrrole nitrogens is 1. The zero-order chi connectivity index (χ0) is 19.5. The average Bonchev–Trinajstić information content (AvgIpc) is 3.20. The highest BCUT2D eigenvalue weighted by Crippen LogP contribution is 2.18. The quantitative estimate of drug-likeness (QED) is 0.423. The number of aromatic nitrogens is 7. The summed E-state index contributed by atoms with van der Waals surface area (Å²) in [6, 6.07) is 3.27. The maximum Gasteiger partial charge on any atom is 0.332 e. The van der Waals surface area contributed by atoms with Crippen molar-refractivity contribution in [3.63, 3.8) is 0 Å². The fraction of sp³-hybridized carbons (Fsp3) is 0.200. The molecule has 0 saturated heterocycles. The van der Waals surface area contributed by atoms with Crippen LogP contribution in [0.4, 0.5) is 0 Å². The minimum atomic E-state index is -0.520. The molecule has 0 saturated carbocycles. The number of imidazole rings is 1. The summed E-state index contributed by atoms with van der Waals surface area (Å²) in [4.78, 5) is 45.4. The van der Waals surface area contributed by atoms with Crippen LogP contribution in [0.25, 0.3) is 16.8 Å². The third kappa shape index (κ3) is 2.36. The van der Waals surface area contributed by atoms with E-state index in [0.29, 0.717) is 16.1 Å². The minimum absolute atomic E-state index is 0.0688. The smallest absolute Gasteiger partial charge is 0.298 e. The van der Waals surface area contributed by atoms with Crippen LogP contribution in [0, 0.1) is 11.3 Å². The molecule has 136 valence electrons. The van der Waals surface area contributed by atoms with Crippen LogP contribution in [0.3, 0.4) is 0 Å². The van der Waals surface area contributed by atoms with Gasteiger partial charge in [-0.2, -0.15) is 5.26 Å². The Morgan fingerprint density at radius 2 is 1.96 bits per heavy atom. The van der Waals surface area contributed by atoms with E-state index >= 15 is 0 Å². The Balaban J connectivity index is 1.98. The van der Waals surface area contributed by atoms with Gasteiger partial charge in [0.2, 0.25) is 0 Å². The monoisotopic (exact) mass is 430 g/mol. The molecule has 4 rings (SSSR count). The van der Waals surface area contributed by atoms with E-state index in [0.717, 1.165) is 9.08 Å². The Morgan fingerprint density at radius 3 is 2.67 bits per heavy atom. The first kappa shape index (κ1) is 17.0. The Kier molecular flexibility index (Phi) is 3.63. The molecule has 0 aliphatic rings. The number of hydrogen-bond acceptors (Lipinski definition) is 6. The second kappa shape index (κ2) is 5.78. The van der Waals surface area contributed by atoms with Crippen molar-refractivity contribution in [2.24, 2.45) is 14.1 Å². The summed E-state index contributed by atoms with van der Waals surface area (Å²) in [5.41, 5.74) is -0.216. The standard InChI is InChI=1S/C15H11BrN8O3/c1-21-12-10(13(26)22(2)15(21)27)20-14(16)23(12)6-8-3-9(25)24-11(19-8)7(4-17)5-18-24/h3,5,18H,6H2,1-2H3. The average molecular weight is 431 g/mol. The molecule has 11 nitrogen and oxygen atoms in total. The van der Waals surface area contributed by atoms with Gasteiger partial charge < -0.3 is 0 Å². The lowest BCUT2D eigenvalue weighted by molar-refractivity contribution is 0.680. The van der Waals surface area contributed by atoms with Crippen molar-refractivity contribution in [2.75, 3.05) is 0 Å². The molecule has 4 heterocycles. The predicted octanol–water partition coefficient (Wildman–Crippen LogP) is -0.548. The maximum atomic E-state index is 12.3. The lowest BCUT2D eigenvalue weighted by Gasteiger charge is -2.09. The van der Waals surface area contributed by atoms with Crippen LogP contribution in [-0.4, -0.2) is 33.3 Å². The molecule has 0 radical (unpaired) electrons. The molecule has 0 fully saturated rings. The highest BCUT2D eigenvalue weighted by molar-refractivity contribution is 9.10. The topological polar surface area (TPSA) is 136 Å². The number of nitrogens with zero attached hydrogens (tertiary/aromatic N) is 7. The summed E-state index contributed by atoms with van der Waals surface area (Å²) >= 11 is 3.29. The number of hydrogen-bond donors (Lipinski definition) is 1. The second-order valence-corrected chi connectivity index (χ2v) is 6.60. The van der Waals surface area contributed by atoms with Gasteiger partial charge in [0.05, 0.1) is 12.2 Å². The van der Waals surface area contributed by atoms with Crippen molar-refractivity contribution in [3.05, 3.63) is 59.4 Å². The van der Waals surface area contributed by atoms with E-state index in [-0.39, 0.29) is 28.8 Å². The number of rotatable bonds is 2. The molecular formula is C15H11BrN8O3. The molecule has 0 spiro atoms. The summed E-state index contributed by atoms with van der Waals surface area (Å²) in [5.74, 6) is 0. The lowest BCUT2D eigenvalue weighted by Crippen LogP contribution is -2.37. The van der Waals surface area contributed by atoms with Crippen LogP contribution in [0.15, 0.2) is 31.4 Å². The molecule has 0 atom stereocenters. The molecule has 27 heavy (non-hydrogen) atoms. The van der Waals surface area contributed by atoms with Gasteiger partial charge in [-0.3, -0.25) is 28.4 Å². The van der Waals surface area contributed by atoms with E-state index < -0.39 is 11.2 Å². The van der Waals surface area contributed by atoms with Crippen molar-refractivity contribution in [1.29, 1.82) is 5.26 Å². The highest BCUT2D eigenvalue weighted by atomic mass is 79.9. The van der Waals surface area contributed by atoms with Gasteiger partial charge in [-0.15, -0.1) is 0 Å². The summed E-state index contributed by atoms with van der Waals surface area (Å²) in [5, 5.41) is 11.8. The summed E-state index contributed by atoms with van der Waals surface area (Å²) in [6.07, 6.45) is 1.39. The molecule has 4 aromatic rings. The van der Waals surface area contributed by atoms with Crippen LogP contribution in [0.1, 0.15) is 11.3 Å². The van der Waals surface area contributed by atoms with E-state index in [1.54, 1.807) is 4.57 Å². The second-order valence-electron chi connectivity index (χ2n) is 5.89. The lowest BCUT2D eigenvalue weighted by atomic mass is 10.3. The molecule has 4 aromatic heterocycles. The summed E-state index contributed by atoms with van der Waals surface area (Å²) in [6.45, 7) is 0.0688. The molecule has 0 amide bonds. The largest absolute Gasteiger partial charge is 0.332 e. The molecule has 1 N–H and O–H groups in total. The van der Waals surface area contributed by atoms with Gasteiger partial charge in [-0.25, -0.2) is 19.3 Å². The Hall–Kier alpha value is -3.46. The van der Waals surface area contributed by atoms with Crippen molar-refractivity contribution in [1.82, 2.24) is 33.3 Å². The van der Waals surface area contributed by atoms with E-state index in [4.69, 9.17) is 5.26 Å². The first-order valence-electron chi connectivity index (χ1n) is 7.65. The maximum absolute atomic E-state index is 12.3. The zero-order valence-corrected chi connectivity index (χ0v) is 15.7. The molecule has 0 aromatic carbocycles. The van der Waals surface area contributed by atoms with E-state index in [1.807, 2.05) is 6.07 Å². The number of nitrogens with one attached hydrogen (secondary N) is 1. The first-order chi connectivity index (χ1) is 12.8. The minimum Gasteiger partial charge on any atom is -0.298 e. The SMILES string of the molecule is Cn1c(=O)c2nc(Br)n(Cc3cc(=O)n4[nH]cc(C#N)c4n3)c2n(C)c1=O. The van der Waals surface area contributed by atoms with Crippen LogP contribution < -0.4 is 16.8 Å². The van der Waals surface area contributed by atoms with Crippen molar-refractivity contribution < 1.29 is 0 Å². The van der Waals surface area contributed by atoms with Gasteiger partial charge in [0, 0.05) is 26.4 Å². The van der Waals surface area contributed by atoms with Gasteiger partial charge in [-0.1, -0.05) is 0 Å². The van der Waals surface area contributed by atoms with Gasteiger partial charge in [0.15, 0.2) is 21.5 Å². The van der Waals surface area contributed by atoms with Crippen LogP contribution in [0.5, 0.6) is 0 Å². The molecular weight excluding hydrogens is 420 g/mol. The summed E-state index contributed by atoms with van der Waals surface area (Å²) < 4.78 is 5.31. The Labute approximate surface area is 157 Å². The predicted molar refractivity (Wildman–Crippen MR) is 97.5 cm³/mol. The van der Waals surface area contributed by atoms with Gasteiger partial charge in [0.1, 0.15) is 11.6 Å². The van der Waals surface area contributed by atoms with Crippen molar-refractivity contribution in [3.8, 4) is 6.07 Å². The first-order valence-corrected chi connectivity index (χ1v) is 8.44. The third-order valence-corrected chi connectivity index (χ3v) is 4.89. The number of halogens is 1. The number of nitriles is 1. The van der Waals surface area contributed by atoms with Crippen molar-refractivity contribution in [2.45, 2.75) is 6.54 Å². The number of fused-ring (bicyclic) bond motifs is 2. The van der Waals surface area contributed by atoms with Crippen LogP contribution in [0.2, 0.25) is 0 Å². The van der Waals surface area contributed by atoms with Gasteiger partial charge >= 0.3 is 5.69 Å². The van der Waals surface area contributed by atoms with Gasteiger partial charge in [-0.05, 0) is 15.9 Å². The molecule has 0 aliphatic carbocycles. The summed E-state index contributed by atoms with van der Waals surface area (Å²) in [7, 11) is 2.91. The van der Waals surface area contributed by atoms with Crippen LogP contribution in [-0.2, 0) is 20.6 Å². The fourth-order valence-corrected chi connectivity index (χ4v) is 3.43. The van der Waals surface area contributed by atoms with E-state index in [9.17, 15) is 14.4 Å². The molecule has 12 heteroatoms. The van der Waals surface area contributed by atoms with Crippen molar-refractivity contribution >= 4 is 32.7 Å². The van der Waals surface area contributed by atoms with E-state index in [2.05, 4.69) is 31.0 Å². The van der Waals surface area contributed by atoms with Crippen LogP contribution >= 0.6 is 15.9 Å². The highest BCUT2D eigenvalue weighted by Gasteiger charge is 2.19. The third-order valence-electron chi connectivity index (χ3n) is 4.28. The van der Waals surface area contributed by atoms with Gasteiger partial charge in [0.25, 0.3) is 11.1 Å². The molecule has 0 aliphatic heterocycles. The zero-order valence-electron chi connectivity index (χ0n) is 14.1. The number of aryl methyl sites for hydroxylation is 1. The van der Waals surface area contributed by atoms with E-state index in [1.165, 1.54) is 30.9 Å². The fourth-order valence-electron chi connectivity index (χ4n) is 2.96. The Morgan fingerprint density at radius 1 is 1.22 bits per heavy atom. The molecule has 0 bridgehead atoms. The normalized spacial score (nSPS) is 11.3. The Bertz CT molecular complexity index is 1460. The molecule has 0 unspecified atom stereocenters. The number of aromatic amines is 1.